The van der Waals surface area contributed by atoms with Gasteiger partial charge in [0, 0.05) is 29.1 Å². The Morgan fingerprint density at radius 3 is 2.74 bits per heavy atom. The van der Waals surface area contributed by atoms with Crippen molar-refractivity contribution in [1.82, 2.24) is 15.3 Å². The standard InChI is InChI=1S/C26H26N4O4/c1-4-7-21-23-18(17-11-10-16-12-13-27-20(16)14-17)8-6-9-19(23)25(32)24(30(21)29-5-2)26(33)28-15-22(31)34-3/h5-14,27,32H,4,15H2,1-3H3,(H,28,33)/b21-7+,29-5-. The van der Waals surface area contributed by atoms with Gasteiger partial charge in [0.2, 0.25) is 0 Å². The molecule has 3 N–H and O–H groups in total. The Kier molecular flexibility index (Phi) is 6.49. The van der Waals surface area contributed by atoms with Gasteiger partial charge in [-0.2, -0.15) is 5.10 Å². The van der Waals surface area contributed by atoms with E-state index in [9.17, 15) is 14.7 Å². The molecule has 0 aliphatic carbocycles. The number of allylic oxidation sites excluding steroid dienone is 1. The molecule has 0 bridgehead atoms. The van der Waals surface area contributed by atoms with Crippen LogP contribution in [0.3, 0.4) is 0 Å². The van der Waals surface area contributed by atoms with Crippen LogP contribution in [-0.2, 0) is 14.3 Å². The number of rotatable bonds is 6. The fourth-order valence-corrected chi connectivity index (χ4v) is 4.07. The number of aromatic nitrogens is 1. The summed E-state index contributed by atoms with van der Waals surface area (Å²) < 4.78 is 4.61. The van der Waals surface area contributed by atoms with Crippen LogP contribution >= 0.6 is 0 Å². The van der Waals surface area contributed by atoms with E-state index >= 15 is 0 Å². The van der Waals surface area contributed by atoms with Crippen molar-refractivity contribution in [2.75, 3.05) is 13.7 Å². The van der Waals surface area contributed by atoms with E-state index in [1.165, 1.54) is 12.1 Å². The first kappa shape index (κ1) is 22.8. The number of esters is 1. The number of hydrogen-bond acceptors (Lipinski definition) is 6. The Morgan fingerprint density at radius 1 is 1.21 bits per heavy atom. The van der Waals surface area contributed by atoms with Crippen LogP contribution in [0.5, 0.6) is 0 Å². The highest BCUT2D eigenvalue weighted by molar-refractivity contribution is 6.06. The van der Waals surface area contributed by atoms with Crippen LogP contribution in [0.15, 0.2) is 65.5 Å². The first-order chi connectivity index (χ1) is 16.5. The minimum atomic E-state index is -0.639. The Labute approximate surface area is 197 Å². The van der Waals surface area contributed by atoms with Crippen LogP contribution in [0, 0.1) is 0 Å². The molecule has 0 saturated heterocycles. The molecular formula is C26H26N4O4. The SMILES string of the molecule is C/C=N\N1C(C(=O)NCC(=O)OC)=C(O)c2cccc(-c3ccc4cc[nH]c4c3)c2/C1=C\CC. The van der Waals surface area contributed by atoms with Gasteiger partial charge < -0.3 is 20.1 Å². The summed E-state index contributed by atoms with van der Waals surface area (Å²) in [5.41, 5.74) is 4.73. The van der Waals surface area contributed by atoms with Gasteiger partial charge in [-0.05, 0) is 42.0 Å². The van der Waals surface area contributed by atoms with Crippen LogP contribution in [0.1, 0.15) is 31.4 Å². The number of aliphatic hydroxyl groups is 1. The zero-order chi connectivity index (χ0) is 24.2. The average Bonchev–Trinajstić information content (AvgIpc) is 3.32. The molecule has 0 fully saturated rings. The quantitative estimate of drug-likeness (QED) is 0.374. The summed E-state index contributed by atoms with van der Waals surface area (Å²) in [6.07, 6.45) is 6.07. The maximum atomic E-state index is 13.1. The molecule has 2 heterocycles. The number of hydrazone groups is 1. The molecule has 1 aliphatic heterocycles. The minimum Gasteiger partial charge on any atom is -0.505 e. The summed E-state index contributed by atoms with van der Waals surface area (Å²) in [4.78, 5) is 27.9. The summed E-state index contributed by atoms with van der Waals surface area (Å²) in [5, 5.41) is 20.7. The predicted molar refractivity (Wildman–Crippen MR) is 133 cm³/mol. The number of nitrogens with one attached hydrogen (secondary N) is 2. The largest absolute Gasteiger partial charge is 0.505 e. The Hall–Kier alpha value is -4.33. The third kappa shape index (κ3) is 4.05. The molecule has 174 valence electrons. The number of carbonyl (C=O) groups is 2. The van der Waals surface area contributed by atoms with E-state index in [2.05, 4.69) is 26.2 Å². The number of methoxy groups -OCH3 is 1. The molecule has 1 aliphatic rings. The molecule has 8 nitrogen and oxygen atoms in total. The van der Waals surface area contributed by atoms with E-state index in [1.54, 1.807) is 19.2 Å². The fraction of sp³-hybridized carbons (Fsp3) is 0.192. The highest BCUT2D eigenvalue weighted by Gasteiger charge is 2.35. The summed E-state index contributed by atoms with van der Waals surface area (Å²) in [7, 11) is 1.24. The van der Waals surface area contributed by atoms with Crippen molar-refractivity contribution in [2.45, 2.75) is 20.3 Å². The lowest BCUT2D eigenvalue weighted by Gasteiger charge is -2.32. The predicted octanol–water partition coefficient (Wildman–Crippen LogP) is 4.42. The molecular weight excluding hydrogens is 432 g/mol. The van der Waals surface area contributed by atoms with Crippen molar-refractivity contribution < 1.29 is 19.4 Å². The third-order valence-electron chi connectivity index (χ3n) is 5.57. The second-order valence-corrected chi connectivity index (χ2v) is 7.65. The molecule has 8 heteroatoms. The fourth-order valence-electron chi connectivity index (χ4n) is 4.07. The highest BCUT2D eigenvalue weighted by atomic mass is 16.5. The van der Waals surface area contributed by atoms with E-state index in [1.807, 2.05) is 49.5 Å². The molecule has 4 rings (SSSR count). The molecule has 3 aromatic rings. The summed E-state index contributed by atoms with van der Waals surface area (Å²) >= 11 is 0. The Bertz CT molecular complexity index is 1350. The maximum absolute atomic E-state index is 13.1. The third-order valence-corrected chi connectivity index (χ3v) is 5.57. The van der Waals surface area contributed by atoms with Crippen molar-refractivity contribution >= 4 is 40.5 Å². The first-order valence-corrected chi connectivity index (χ1v) is 11.0. The minimum absolute atomic E-state index is 0.0637. The number of aromatic amines is 1. The van der Waals surface area contributed by atoms with E-state index < -0.39 is 11.9 Å². The van der Waals surface area contributed by atoms with Crippen LogP contribution < -0.4 is 5.32 Å². The van der Waals surface area contributed by atoms with Gasteiger partial charge >= 0.3 is 5.97 Å². The van der Waals surface area contributed by atoms with Crippen molar-refractivity contribution in [1.29, 1.82) is 0 Å². The van der Waals surface area contributed by atoms with Crippen LogP contribution in [-0.4, -0.2) is 46.8 Å². The molecule has 0 unspecified atom stereocenters. The second kappa shape index (κ2) is 9.66. The summed E-state index contributed by atoms with van der Waals surface area (Å²) in [5.74, 6) is -1.46. The zero-order valence-electron chi connectivity index (χ0n) is 19.3. The van der Waals surface area contributed by atoms with Gasteiger partial charge in [0.05, 0.1) is 12.8 Å². The molecule has 0 spiro atoms. The van der Waals surface area contributed by atoms with Gasteiger partial charge in [-0.15, -0.1) is 0 Å². The average molecular weight is 459 g/mol. The number of aliphatic hydroxyl groups excluding tert-OH is 1. The number of carbonyl (C=O) groups excluding carboxylic acids is 2. The molecule has 0 atom stereocenters. The number of ether oxygens (including phenoxy) is 1. The van der Waals surface area contributed by atoms with Crippen molar-refractivity contribution in [3.8, 4) is 11.1 Å². The normalized spacial score (nSPS) is 14.7. The number of hydrogen-bond donors (Lipinski definition) is 3. The highest BCUT2D eigenvalue weighted by Crippen LogP contribution is 2.43. The van der Waals surface area contributed by atoms with Gasteiger partial charge in [0.15, 0.2) is 11.5 Å². The summed E-state index contributed by atoms with van der Waals surface area (Å²) in [6.45, 7) is 3.39. The van der Waals surface area contributed by atoms with Gasteiger partial charge in [-0.1, -0.05) is 43.3 Å². The van der Waals surface area contributed by atoms with E-state index in [0.717, 1.165) is 27.6 Å². The number of benzene rings is 2. The lowest BCUT2D eigenvalue weighted by molar-refractivity contribution is -0.140. The van der Waals surface area contributed by atoms with Gasteiger partial charge in [-0.25, -0.2) is 5.01 Å². The zero-order valence-corrected chi connectivity index (χ0v) is 19.3. The summed E-state index contributed by atoms with van der Waals surface area (Å²) in [6, 6.07) is 13.7. The maximum Gasteiger partial charge on any atom is 0.325 e. The first-order valence-electron chi connectivity index (χ1n) is 11.0. The topological polar surface area (TPSA) is 107 Å². The van der Waals surface area contributed by atoms with Gasteiger partial charge in [-0.3, -0.25) is 9.59 Å². The van der Waals surface area contributed by atoms with E-state index in [4.69, 9.17) is 0 Å². The lowest BCUT2D eigenvalue weighted by Crippen LogP contribution is -2.38. The molecule has 1 aromatic heterocycles. The van der Waals surface area contributed by atoms with Gasteiger partial charge in [0.1, 0.15) is 6.54 Å². The lowest BCUT2D eigenvalue weighted by atomic mass is 9.88. The number of H-pyrrole nitrogens is 1. The number of fused-ring (bicyclic) bond motifs is 2. The van der Waals surface area contributed by atoms with Gasteiger partial charge in [0.25, 0.3) is 5.91 Å². The smallest absolute Gasteiger partial charge is 0.325 e. The second-order valence-electron chi connectivity index (χ2n) is 7.65. The Morgan fingerprint density at radius 2 is 2.00 bits per heavy atom. The van der Waals surface area contributed by atoms with Crippen LogP contribution in [0.2, 0.25) is 0 Å². The monoisotopic (exact) mass is 458 g/mol. The number of nitrogens with zero attached hydrogens (tertiary/aromatic N) is 2. The van der Waals surface area contributed by atoms with Crippen LogP contribution in [0.25, 0.3) is 33.5 Å². The van der Waals surface area contributed by atoms with E-state index in [0.29, 0.717) is 17.7 Å². The molecule has 34 heavy (non-hydrogen) atoms. The molecule has 2 aromatic carbocycles. The van der Waals surface area contributed by atoms with E-state index in [-0.39, 0.29) is 18.0 Å². The number of amides is 1. The van der Waals surface area contributed by atoms with Crippen LogP contribution in [0.4, 0.5) is 0 Å². The molecule has 1 amide bonds. The Balaban J connectivity index is 1.92. The van der Waals surface area contributed by atoms with Crippen molar-refractivity contribution in [3.05, 3.63) is 71.6 Å². The van der Waals surface area contributed by atoms with Crippen molar-refractivity contribution in [3.63, 3.8) is 0 Å². The molecule has 0 radical (unpaired) electrons. The molecule has 0 saturated carbocycles. The van der Waals surface area contributed by atoms with Crippen molar-refractivity contribution in [2.24, 2.45) is 5.10 Å².